The van der Waals surface area contributed by atoms with Crippen LogP contribution in [-0.4, -0.2) is 9.97 Å². The van der Waals surface area contributed by atoms with Gasteiger partial charge < -0.3 is 0 Å². The predicted molar refractivity (Wildman–Crippen MR) is 75.1 cm³/mol. The van der Waals surface area contributed by atoms with Crippen molar-refractivity contribution in [2.45, 2.75) is 16.1 Å². The number of alkyl halides is 3. The summed E-state index contributed by atoms with van der Waals surface area (Å²) in [5.41, 5.74) is -0.263. The number of fused-ring (bicyclic) bond motifs is 1. The lowest BCUT2D eigenvalue weighted by molar-refractivity contribution is -0.143. The maximum atomic E-state index is 13.2. The molecular formula is C15H9F3N2S. The summed E-state index contributed by atoms with van der Waals surface area (Å²) in [6.45, 7) is 0. The van der Waals surface area contributed by atoms with Crippen LogP contribution in [0.1, 0.15) is 5.69 Å². The van der Waals surface area contributed by atoms with Gasteiger partial charge in [0.05, 0.1) is 11.0 Å². The molecule has 0 aliphatic rings. The van der Waals surface area contributed by atoms with Crippen molar-refractivity contribution in [3.8, 4) is 0 Å². The molecule has 0 radical (unpaired) electrons. The number of rotatable bonds is 2. The van der Waals surface area contributed by atoms with Gasteiger partial charge in [-0.05, 0) is 24.3 Å². The Balaban J connectivity index is 2.14. The fraction of sp³-hybridized carbons (Fsp3) is 0.0667. The van der Waals surface area contributed by atoms with Crippen LogP contribution in [0.2, 0.25) is 0 Å². The van der Waals surface area contributed by atoms with Gasteiger partial charge in [-0.3, -0.25) is 0 Å². The lowest BCUT2D eigenvalue weighted by atomic mass is 10.3. The van der Waals surface area contributed by atoms with Crippen molar-refractivity contribution in [3.63, 3.8) is 0 Å². The molecule has 0 bridgehead atoms. The fourth-order valence-electron chi connectivity index (χ4n) is 1.84. The van der Waals surface area contributed by atoms with Crippen molar-refractivity contribution >= 4 is 22.8 Å². The molecule has 2 nitrogen and oxygen atoms in total. The second-order valence-corrected chi connectivity index (χ2v) is 5.34. The topological polar surface area (TPSA) is 25.8 Å². The number of para-hydroxylation sites is 2. The summed E-state index contributed by atoms with van der Waals surface area (Å²) in [6, 6.07) is 15.4. The molecule has 0 saturated heterocycles. The van der Waals surface area contributed by atoms with Crippen LogP contribution in [0.5, 0.6) is 0 Å². The predicted octanol–water partition coefficient (Wildman–Crippen LogP) is 4.80. The Morgan fingerprint density at radius 2 is 1.33 bits per heavy atom. The quantitative estimate of drug-likeness (QED) is 0.680. The minimum atomic E-state index is -4.53. The highest BCUT2D eigenvalue weighted by Gasteiger charge is 2.37. The molecular weight excluding hydrogens is 297 g/mol. The van der Waals surface area contributed by atoms with E-state index >= 15 is 0 Å². The molecule has 0 saturated carbocycles. The summed E-state index contributed by atoms with van der Waals surface area (Å²) in [4.78, 5) is 8.54. The summed E-state index contributed by atoms with van der Waals surface area (Å²) < 4.78 is 39.5. The molecule has 3 aromatic rings. The molecule has 3 rings (SSSR count). The van der Waals surface area contributed by atoms with Crippen LogP contribution < -0.4 is 0 Å². The SMILES string of the molecule is FC(F)(F)c1nc2ccccc2nc1Sc1ccccc1. The van der Waals surface area contributed by atoms with Crippen LogP contribution >= 0.6 is 11.8 Å². The second-order valence-electron chi connectivity index (χ2n) is 4.28. The van der Waals surface area contributed by atoms with E-state index in [9.17, 15) is 13.2 Å². The number of hydrogen-bond donors (Lipinski definition) is 0. The maximum Gasteiger partial charge on any atom is 0.436 e. The summed E-state index contributed by atoms with van der Waals surface area (Å²) in [6.07, 6.45) is -4.53. The van der Waals surface area contributed by atoms with Crippen molar-refractivity contribution in [1.29, 1.82) is 0 Å². The number of benzene rings is 2. The van der Waals surface area contributed by atoms with Crippen LogP contribution in [0.4, 0.5) is 13.2 Å². The molecule has 1 aromatic heterocycles. The summed E-state index contributed by atoms with van der Waals surface area (Å²) in [5.74, 6) is 0. The van der Waals surface area contributed by atoms with E-state index in [1.165, 1.54) is 6.07 Å². The van der Waals surface area contributed by atoms with Gasteiger partial charge in [0.1, 0.15) is 5.03 Å². The average Bonchev–Trinajstić information content (AvgIpc) is 2.46. The Kier molecular flexibility index (Phi) is 3.55. The summed E-state index contributed by atoms with van der Waals surface area (Å²) in [5, 5.41) is -0.132. The lowest BCUT2D eigenvalue weighted by Gasteiger charge is -2.11. The van der Waals surface area contributed by atoms with Gasteiger partial charge >= 0.3 is 6.18 Å². The van der Waals surface area contributed by atoms with Gasteiger partial charge in [0, 0.05) is 4.90 Å². The minimum Gasteiger partial charge on any atom is -0.239 e. The van der Waals surface area contributed by atoms with E-state index in [1.807, 2.05) is 0 Å². The normalized spacial score (nSPS) is 11.8. The van der Waals surface area contributed by atoms with Gasteiger partial charge in [-0.15, -0.1) is 0 Å². The van der Waals surface area contributed by atoms with Crippen LogP contribution in [0.25, 0.3) is 11.0 Å². The molecule has 6 heteroatoms. The van der Waals surface area contributed by atoms with Crippen molar-refractivity contribution in [2.75, 3.05) is 0 Å². The Labute approximate surface area is 123 Å². The van der Waals surface area contributed by atoms with Crippen LogP contribution in [-0.2, 0) is 6.18 Å². The average molecular weight is 306 g/mol. The number of hydrogen-bond acceptors (Lipinski definition) is 3. The molecule has 0 atom stereocenters. The Morgan fingerprint density at radius 3 is 1.95 bits per heavy atom. The first kappa shape index (κ1) is 13.9. The third-order valence-corrected chi connectivity index (χ3v) is 3.75. The first-order chi connectivity index (χ1) is 10.0. The van der Waals surface area contributed by atoms with Gasteiger partial charge in [0.15, 0.2) is 5.69 Å². The summed E-state index contributed by atoms with van der Waals surface area (Å²) in [7, 11) is 0. The largest absolute Gasteiger partial charge is 0.436 e. The van der Waals surface area contributed by atoms with Crippen LogP contribution in [0.15, 0.2) is 64.5 Å². The van der Waals surface area contributed by atoms with E-state index in [4.69, 9.17) is 0 Å². The minimum absolute atomic E-state index is 0.132. The van der Waals surface area contributed by atoms with Gasteiger partial charge in [-0.1, -0.05) is 42.1 Å². The second kappa shape index (κ2) is 5.37. The van der Waals surface area contributed by atoms with E-state index in [0.717, 1.165) is 11.8 Å². The van der Waals surface area contributed by atoms with Crippen molar-refractivity contribution in [2.24, 2.45) is 0 Å². The zero-order chi connectivity index (χ0) is 14.9. The van der Waals surface area contributed by atoms with E-state index in [2.05, 4.69) is 9.97 Å². The number of nitrogens with zero attached hydrogens (tertiary/aromatic N) is 2. The zero-order valence-corrected chi connectivity index (χ0v) is 11.4. The van der Waals surface area contributed by atoms with Gasteiger partial charge in [0.2, 0.25) is 0 Å². The molecule has 0 aliphatic carbocycles. The van der Waals surface area contributed by atoms with E-state index < -0.39 is 11.9 Å². The Hall–Kier alpha value is -2.08. The molecule has 106 valence electrons. The number of aromatic nitrogens is 2. The molecule has 2 aromatic carbocycles. The van der Waals surface area contributed by atoms with Crippen molar-refractivity contribution < 1.29 is 13.2 Å². The van der Waals surface area contributed by atoms with E-state index in [1.54, 1.807) is 48.5 Å². The molecule has 0 unspecified atom stereocenters. The fourth-order valence-corrected chi connectivity index (χ4v) is 2.76. The summed E-state index contributed by atoms with van der Waals surface area (Å²) >= 11 is 0.962. The van der Waals surface area contributed by atoms with E-state index in [-0.39, 0.29) is 10.5 Å². The lowest BCUT2D eigenvalue weighted by Crippen LogP contribution is -2.11. The highest BCUT2D eigenvalue weighted by molar-refractivity contribution is 7.99. The smallest absolute Gasteiger partial charge is 0.239 e. The van der Waals surface area contributed by atoms with E-state index in [0.29, 0.717) is 10.4 Å². The third-order valence-electron chi connectivity index (χ3n) is 2.76. The molecule has 0 spiro atoms. The molecule has 21 heavy (non-hydrogen) atoms. The van der Waals surface area contributed by atoms with Gasteiger partial charge in [-0.2, -0.15) is 13.2 Å². The molecule has 1 heterocycles. The standard InChI is InChI=1S/C15H9F3N2S/c16-15(17,18)13-14(21-10-6-2-1-3-7-10)20-12-9-5-4-8-11(12)19-13/h1-9H. The highest BCUT2D eigenvalue weighted by Crippen LogP contribution is 2.38. The highest BCUT2D eigenvalue weighted by atomic mass is 32.2. The first-order valence-electron chi connectivity index (χ1n) is 6.11. The molecule has 0 N–H and O–H groups in total. The maximum absolute atomic E-state index is 13.2. The van der Waals surface area contributed by atoms with Crippen molar-refractivity contribution in [3.05, 3.63) is 60.3 Å². The number of halogens is 3. The zero-order valence-electron chi connectivity index (χ0n) is 10.6. The van der Waals surface area contributed by atoms with Crippen LogP contribution in [0.3, 0.4) is 0 Å². The Bertz CT molecular complexity index is 773. The molecule has 0 amide bonds. The monoisotopic (exact) mass is 306 g/mol. The van der Waals surface area contributed by atoms with Crippen LogP contribution in [0, 0.1) is 0 Å². The third kappa shape index (κ3) is 3.00. The van der Waals surface area contributed by atoms with Gasteiger partial charge in [-0.25, -0.2) is 9.97 Å². The Morgan fingerprint density at radius 1 is 0.762 bits per heavy atom. The van der Waals surface area contributed by atoms with Crippen molar-refractivity contribution in [1.82, 2.24) is 9.97 Å². The first-order valence-corrected chi connectivity index (χ1v) is 6.92. The molecule has 0 aliphatic heterocycles. The van der Waals surface area contributed by atoms with Gasteiger partial charge in [0.25, 0.3) is 0 Å². The molecule has 0 fully saturated rings.